The minimum atomic E-state index is -1.13. The highest BCUT2D eigenvalue weighted by Crippen LogP contribution is 2.49. The Morgan fingerprint density at radius 3 is 1.96 bits per heavy atom. The van der Waals surface area contributed by atoms with Crippen LogP contribution in [0.15, 0.2) is 46.2 Å². The highest BCUT2D eigenvalue weighted by Gasteiger charge is 2.37. The van der Waals surface area contributed by atoms with Crippen molar-refractivity contribution in [2.45, 2.75) is 80.9 Å². The molecule has 1 aliphatic rings. The lowest BCUT2D eigenvalue weighted by Gasteiger charge is -2.42. The minimum absolute atomic E-state index is 0.175. The van der Waals surface area contributed by atoms with Crippen molar-refractivity contribution in [3.05, 3.63) is 58.7 Å². The minimum Gasteiger partial charge on any atom is -0.545 e. The number of carbonyl (C=O) groups is 1. The number of hydrogen-bond acceptors (Lipinski definition) is 3. The molecule has 27 heavy (non-hydrogen) atoms. The van der Waals surface area contributed by atoms with E-state index >= 15 is 0 Å². The van der Waals surface area contributed by atoms with Crippen molar-refractivity contribution < 1.29 is 9.90 Å². The number of carboxylic acid groups (broad SMARTS) is 1. The third-order valence-electron chi connectivity index (χ3n) is 5.92. The summed E-state index contributed by atoms with van der Waals surface area (Å²) in [5, 5.41) is 11.0. The van der Waals surface area contributed by atoms with Crippen LogP contribution in [-0.2, 0) is 10.8 Å². The van der Waals surface area contributed by atoms with Crippen molar-refractivity contribution >= 4 is 17.7 Å². The molecule has 0 bridgehead atoms. The van der Waals surface area contributed by atoms with Crippen molar-refractivity contribution in [3.8, 4) is 0 Å². The van der Waals surface area contributed by atoms with E-state index in [0.29, 0.717) is 5.92 Å². The highest BCUT2D eigenvalue weighted by atomic mass is 32.2. The molecule has 0 fully saturated rings. The summed E-state index contributed by atoms with van der Waals surface area (Å²) >= 11 is 1.72. The zero-order valence-electron chi connectivity index (χ0n) is 17.2. The Bertz CT molecular complexity index is 861. The summed E-state index contributed by atoms with van der Waals surface area (Å²) in [5.41, 5.74) is 4.91. The summed E-state index contributed by atoms with van der Waals surface area (Å²) in [4.78, 5) is 13.3. The molecule has 0 saturated heterocycles. The lowest BCUT2D eigenvalue weighted by molar-refractivity contribution is -0.255. The standard InChI is InChI=1S/C24H30O2S/c1-15(2)18-13-19-20(24(5,6)12-11-23(19,3)4)14-21(18)27-17-9-7-16(8-10-17)22(25)26/h7-10,13-15H,11-12H2,1-6H3,(H,25,26)/p-1. The Morgan fingerprint density at radius 1 is 0.963 bits per heavy atom. The molecular weight excluding hydrogens is 352 g/mol. The molecule has 0 spiro atoms. The molecule has 0 atom stereocenters. The summed E-state index contributed by atoms with van der Waals surface area (Å²) in [5.74, 6) is -0.701. The van der Waals surface area contributed by atoms with E-state index in [4.69, 9.17) is 0 Å². The van der Waals surface area contributed by atoms with Crippen molar-refractivity contribution in [2.24, 2.45) is 0 Å². The zero-order valence-corrected chi connectivity index (χ0v) is 18.0. The van der Waals surface area contributed by atoms with Crippen LogP contribution in [0.4, 0.5) is 0 Å². The van der Waals surface area contributed by atoms with Crippen LogP contribution in [0.25, 0.3) is 0 Å². The van der Waals surface area contributed by atoms with Gasteiger partial charge in [-0.1, -0.05) is 71.5 Å². The third kappa shape index (κ3) is 3.94. The van der Waals surface area contributed by atoms with Crippen LogP contribution in [0.3, 0.4) is 0 Å². The van der Waals surface area contributed by atoms with Crippen molar-refractivity contribution in [1.29, 1.82) is 0 Å². The summed E-state index contributed by atoms with van der Waals surface area (Å²) < 4.78 is 0. The predicted molar refractivity (Wildman–Crippen MR) is 111 cm³/mol. The summed E-state index contributed by atoms with van der Waals surface area (Å²) in [6.45, 7) is 13.9. The average molecular weight is 382 g/mol. The number of carbonyl (C=O) groups excluding carboxylic acids is 1. The number of benzene rings is 2. The summed E-state index contributed by atoms with van der Waals surface area (Å²) in [7, 11) is 0. The fourth-order valence-electron chi connectivity index (χ4n) is 3.94. The topological polar surface area (TPSA) is 40.1 Å². The van der Waals surface area contributed by atoms with E-state index < -0.39 is 5.97 Å². The molecule has 0 aliphatic heterocycles. The zero-order chi connectivity index (χ0) is 20.0. The van der Waals surface area contributed by atoms with Gasteiger partial charge in [-0.25, -0.2) is 0 Å². The first kappa shape index (κ1) is 20.0. The maximum absolute atomic E-state index is 11.0. The number of aromatic carboxylic acids is 1. The number of carboxylic acids is 1. The molecule has 3 rings (SSSR count). The van der Waals surface area contributed by atoms with Crippen molar-refractivity contribution in [1.82, 2.24) is 0 Å². The van der Waals surface area contributed by atoms with E-state index in [9.17, 15) is 9.90 Å². The Balaban J connectivity index is 2.08. The molecule has 1 aliphatic carbocycles. The van der Waals surface area contributed by atoms with Crippen LogP contribution in [-0.4, -0.2) is 5.97 Å². The molecule has 0 saturated carbocycles. The van der Waals surface area contributed by atoms with E-state index in [0.717, 1.165) is 4.90 Å². The van der Waals surface area contributed by atoms with Crippen LogP contribution in [0.1, 0.15) is 87.4 Å². The smallest absolute Gasteiger partial charge is 0.0715 e. The van der Waals surface area contributed by atoms with Gasteiger partial charge in [-0.05, 0) is 70.0 Å². The van der Waals surface area contributed by atoms with E-state index in [1.807, 2.05) is 12.1 Å². The maximum atomic E-state index is 11.0. The predicted octanol–water partition coefficient (Wildman–Crippen LogP) is 5.67. The van der Waals surface area contributed by atoms with Crippen molar-refractivity contribution in [3.63, 3.8) is 0 Å². The first-order chi connectivity index (χ1) is 12.5. The fraction of sp³-hybridized carbons (Fsp3) is 0.458. The van der Waals surface area contributed by atoms with Crippen LogP contribution in [0, 0.1) is 0 Å². The molecule has 144 valence electrons. The molecular formula is C24H29O2S-. The van der Waals surface area contributed by atoms with Gasteiger partial charge in [-0.15, -0.1) is 0 Å². The Hall–Kier alpha value is -1.74. The van der Waals surface area contributed by atoms with E-state index in [2.05, 4.69) is 53.7 Å². The number of fused-ring (bicyclic) bond motifs is 1. The van der Waals surface area contributed by atoms with Gasteiger partial charge in [-0.3, -0.25) is 0 Å². The number of rotatable bonds is 4. The number of hydrogen-bond donors (Lipinski definition) is 0. The summed E-state index contributed by atoms with van der Waals surface area (Å²) in [6.07, 6.45) is 2.40. The van der Waals surface area contributed by atoms with Gasteiger partial charge in [0.25, 0.3) is 0 Å². The normalized spacial score (nSPS) is 17.6. The molecule has 0 unspecified atom stereocenters. The molecule has 2 aromatic rings. The van der Waals surface area contributed by atoms with E-state index in [1.165, 1.54) is 34.4 Å². The van der Waals surface area contributed by atoms with Gasteiger partial charge in [-0.2, -0.15) is 0 Å². The van der Waals surface area contributed by atoms with E-state index in [1.54, 1.807) is 23.9 Å². The Morgan fingerprint density at radius 2 is 1.48 bits per heavy atom. The van der Waals surface area contributed by atoms with Crippen LogP contribution < -0.4 is 5.11 Å². The van der Waals surface area contributed by atoms with Gasteiger partial charge in [0.1, 0.15) is 0 Å². The molecule has 2 nitrogen and oxygen atoms in total. The molecule has 2 aromatic carbocycles. The Kier molecular flexibility index (Phi) is 5.20. The second-order valence-electron chi connectivity index (χ2n) is 9.27. The molecule has 0 N–H and O–H groups in total. The Labute approximate surface area is 167 Å². The second kappa shape index (κ2) is 7.01. The molecule has 0 heterocycles. The monoisotopic (exact) mass is 381 g/mol. The molecule has 0 aromatic heterocycles. The van der Waals surface area contributed by atoms with Gasteiger partial charge in [0, 0.05) is 9.79 Å². The van der Waals surface area contributed by atoms with Gasteiger partial charge >= 0.3 is 0 Å². The van der Waals surface area contributed by atoms with Crippen LogP contribution >= 0.6 is 11.8 Å². The second-order valence-corrected chi connectivity index (χ2v) is 10.4. The van der Waals surface area contributed by atoms with E-state index in [-0.39, 0.29) is 16.4 Å². The molecule has 3 heteroatoms. The largest absolute Gasteiger partial charge is 0.545 e. The molecule has 0 radical (unpaired) electrons. The van der Waals surface area contributed by atoms with Crippen LogP contribution in [0.5, 0.6) is 0 Å². The van der Waals surface area contributed by atoms with Gasteiger partial charge in [0.2, 0.25) is 0 Å². The highest BCUT2D eigenvalue weighted by molar-refractivity contribution is 7.99. The van der Waals surface area contributed by atoms with Gasteiger partial charge < -0.3 is 9.90 Å². The fourth-order valence-corrected chi connectivity index (χ4v) is 5.05. The van der Waals surface area contributed by atoms with Gasteiger partial charge in [0.05, 0.1) is 5.97 Å². The quantitative estimate of drug-likeness (QED) is 0.684. The lowest BCUT2D eigenvalue weighted by Crippen LogP contribution is -2.34. The SMILES string of the molecule is CC(C)c1cc2c(cc1Sc1ccc(C(=O)[O-])cc1)C(C)(C)CCC2(C)C. The maximum Gasteiger partial charge on any atom is 0.0715 e. The van der Waals surface area contributed by atoms with Crippen LogP contribution in [0.2, 0.25) is 0 Å². The first-order valence-corrected chi connectivity index (χ1v) is 10.5. The summed E-state index contributed by atoms with van der Waals surface area (Å²) in [6, 6.07) is 11.8. The third-order valence-corrected chi connectivity index (χ3v) is 7.00. The molecule has 0 amide bonds. The first-order valence-electron chi connectivity index (χ1n) is 9.69. The average Bonchev–Trinajstić information content (AvgIpc) is 2.59. The lowest BCUT2D eigenvalue weighted by atomic mass is 9.62. The van der Waals surface area contributed by atoms with Gasteiger partial charge in [0.15, 0.2) is 0 Å². The van der Waals surface area contributed by atoms with Crippen molar-refractivity contribution in [2.75, 3.05) is 0 Å².